The summed E-state index contributed by atoms with van der Waals surface area (Å²) < 4.78 is 46.2. The summed E-state index contributed by atoms with van der Waals surface area (Å²) in [5.74, 6) is -2.05. The Bertz CT molecular complexity index is 1570. The molecule has 0 bridgehead atoms. The molecule has 47 heavy (non-hydrogen) atoms. The summed E-state index contributed by atoms with van der Waals surface area (Å²) in [5, 5.41) is 44.7. The predicted octanol–water partition coefficient (Wildman–Crippen LogP) is 1.57. The Balaban J connectivity index is 1.52. The molecule has 2 heterocycles. The Kier molecular flexibility index (Phi) is 9.06. The van der Waals surface area contributed by atoms with E-state index < -0.39 is 66.5 Å². The van der Waals surface area contributed by atoms with Crippen LogP contribution in [0.3, 0.4) is 0 Å². The first kappa shape index (κ1) is 33.0. The van der Waals surface area contributed by atoms with Crippen molar-refractivity contribution in [2.75, 3.05) is 41.7 Å². The molecule has 3 aromatic carbocycles. The number of carbonyl (C=O) groups excluding carboxylic acids is 1. The Morgan fingerprint density at radius 1 is 0.979 bits per heavy atom. The molecular formula is C34H38O13. The van der Waals surface area contributed by atoms with E-state index >= 15 is 0 Å². The zero-order valence-electron chi connectivity index (χ0n) is 26.3. The molecule has 6 rings (SSSR count). The lowest BCUT2D eigenvalue weighted by Gasteiger charge is -2.40. The van der Waals surface area contributed by atoms with Gasteiger partial charge in [-0.2, -0.15) is 0 Å². The summed E-state index contributed by atoms with van der Waals surface area (Å²) in [5.41, 5.74) is -2.88. The standard InChI is InChI=1S/C34H38O13/c1-40-20-12-10-19(11-13-20)34-27(18-8-6-5-7-9-18)26(30(38)42-3)29(37)33(34,39)28-23(41-2)14-21(15-24(28)47-34)45-32-31(43-4)44-17-25(46-32)22(36)16-35/h5-15,22,25-27,29,31-32,35-37,39H,16-17H2,1-4H3/t22-,25+,26+,27+,29-,31+,32+,33-,34-/m0/s1. The summed E-state index contributed by atoms with van der Waals surface area (Å²) >= 11 is 0. The number of hydrogen-bond acceptors (Lipinski definition) is 13. The topological polar surface area (TPSA) is 172 Å². The summed E-state index contributed by atoms with van der Waals surface area (Å²) in [6.45, 7) is -0.601. The van der Waals surface area contributed by atoms with Crippen LogP contribution in [0.5, 0.6) is 23.0 Å². The highest BCUT2D eigenvalue weighted by atomic mass is 16.8. The third-order valence-corrected chi connectivity index (χ3v) is 9.25. The van der Waals surface area contributed by atoms with Gasteiger partial charge in [0.15, 0.2) is 11.2 Å². The number of ether oxygens (including phenoxy) is 8. The van der Waals surface area contributed by atoms with E-state index in [0.717, 1.165) is 0 Å². The monoisotopic (exact) mass is 654 g/mol. The van der Waals surface area contributed by atoms with Gasteiger partial charge in [0.1, 0.15) is 41.3 Å². The fourth-order valence-electron chi connectivity index (χ4n) is 7.11. The molecule has 0 amide bonds. The van der Waals surface area contributed by atoms with E-state index in [9.17, 15) is 25.2 Å². The largest absolute Gasteiger partial charge is 0.497 e. The number of aliphatic hydroxyl groups is 4. The number of methoxy groups -OCH3 is 4. The van der Waals surface area contributed by atoms with Crippen LogP contribution in [-0.2, 0) is 34.9 Å². The lowest BCUT2D eigenvalue weighted by Crippen LogP contribution is -2.52. The zero-order chi connectivity index (χ0) is 33.5. The van der Waals surface area contributed by atoms with Gasteiger partial charge < -0.3 is 58.3 Å². The number of aliphatic hydroxyl groups excluding tert-OH is 3. The maximum absolute atomic E-state index is 13.5. The maximum Gasteiger partial charge on any atom is 0.312 e. The molecule has 9 atom stereocenters. The second kappa shape index (κ2) is 12.9. The Labute approximate surface area is 271 Å². The van der Waals surface area contributed by atoms with Crippen molar-refractivity contribution in [3.05, 3.63) is 83.4 Å². The molecule has 0 unspecified atom stereocenters. The van der Waals surface area contributed by atoms with Gasteiger partial charge in [-0.25, -0.2) is 0 Å². The molecule has 0 aromatic heterocycles. The van der Waals surface area contributed by atoms with Crippen LogP contribution in [0.4, 0.5) is 0 Å². The van der Waals surface area contributed by atoms with Crippen molar-refractivity contribution >= 4 is 5.97 Å². The average Bonchev–Trinajstić information content (AvgIpc) is 3.49. The highest BCUT2D eigenvalue weighted by molar-refractivity contribution is 5.78. The second-order valence-electron chi connectivity index (χ2n) is 11.6. The summed E-state index contributed by atoms with van der Waals surface area (Å²) in [4.78, 5) is 13.5. The highest BCUT2D eigenvalue weighted by Crippen LogP contribution is 2.70. The van der Waals surface area contributed by atoms with Crippen LogP contribution in [0.25, 0.3) is 0 Å². The van der Waals surface area contributed by atoms with Crippen LogP contribution in [0.2, 0.25) is 0 Å². The fraction of sp³-hybridized carbons (Fsp3) is 0.441. The Morgan fingerprint density at radius 2 is 1.70 bits per heavy atom. The number of rotatable bonds is 10. The summed E-state index contributed by atoms with van der Waals surface area (Å²) in [6.07, 6.45) is -6.03. The van der Waals surface area contributed by atoms with Gasteiger partial charge in [-0.1, -0.05) is 42.5 Å². The number of esters is 1. The first-order chi connectivity index (χ1) is 22.7. The molecule has 3 aromatic rings. The Hall–Kier alpha value is -3.95. The molecule has 0 radical (unpaired) electrons. The molecule has 1 aliphatic carbocycles. The third-order valence-electron chi connectivity index (χ3n) is 9.25. The second-order valence-corrected chi connectivity index (χ2v) is 11.6. The molecule has 1 saturated heterocycles. The van der Waals surface area contributed by atoms with Crippen LogP contribution < -0.4 is 18.9 Å². The summed E-state index contributed by atoms with van der Waals surface area (Å²) in [7, 11) is 5.54. The molecule has 3 aliphatic rings. The minimum absolute atomic E-state index is 0.0474. The fourth-order valence-corrected chi connectivity index (χ4v) is 7.11. The molecule has 252 valence electrons. The predicted molar refractivity (Wildman–Crippen MR) is 162 cm³/mol. The van der Waals surface area contributed by atoms with Crippen LogP contribution in [0.15, 0.2) is 66.7 Å². The Morgan fingerprint density at radius 3 is 2.32 bits per heavy atom. The van der Waals surface area contributed by atoms with Gasteiger partial charge in [-0.15, -0.1) is 0 Å². The van der Waals surface area contributed by atoms with Crippen molar-refractivity contribution in [1.82, 2.24) is 0 Å². The molecule has 2 aliphatic heterocycles. The van der Waals surface area contributed by atoms with Crippen molar-refractivity contribution in [1.29, 1.82) is 0 Å². The van der Waals surface area contributed by atoms with Gasteiger partial charge in [0.2, 0.25) is 6.29 Å². The van der Waals surface area contributed by atoms with Crippen LogP contribution in [0.1, 0.15) is 22.6 Å². The molecule has 4 N–H and O–H groups in total. The lowest BCUT2D eigenvalue weighted by atomic mass is 9.70. The number of hydrogen-bond donors (Lipinski definition) is 4. The molecule has 1 saturated carbocycles. The lowest BCUT2D eigenvalue weighted by molar-refractivity contribution is -0.324. The van der Waals surface area contributed by atoms with E-state index in [1.54, 1.807) is 48.5 Å². The van der Waals surface area contributed by atoms with Crippen molar-refractivity contribution in [3.63, 3.8) is 0 Å². The van der Waals surface area contributed by atoms with E-state index in [1.807, 2.05) is 6.07 Å². The van der Waals surface area contributed by atoms with Gasteiger partial charge in [0.05, 0.1) is 46.0 Å². The van der Waals surface area contributed by atoms with E-state index in [4.69, 9.17) is 37.9 Å². The quantitative estimate of drug-likeness (QED) is 0.233. The normalized spacial score (nSPS) is 31.7. The van der Waals surface area contributed by atoms with Crippen molar-refractivity contribution < 1.29 is 63.1 Å². The van der Waals surface area contributed by atoms with Crippen molar-refractivity contribution in [3.8, 4) is 23.0 Å². The van der Waals surface area contributed by atoms with Gasteiger partial charge >= 0.3 is 5.97 Å². The molecule has 0 spiro atoms. The van der Waals surface area contributed by atoms with E-state index in [-0.39, 0.29) is 29.4 Å². The van der Waals surface area contributed by atoms with Gasteiger partial charge in [-0.3, -0.25) is 4.79 Å². The maximum atomic E-state index is 13.5. The third kappa shape index (κ3) is 5.10. The first-order valence-electron chi connectivity index (χ1n) is 15.0. The van der Waals surface area contributed by atoms with Crippen molar-refractivity contribution in [2.24, 2.45) is 5.92 Å². The average molecular weight is 655 g/mol. The smallest absolute Gasteiger partial charge is 0.312 e. The zero-order valence-corrected chi connectivity index (χ0v) is 26.3. The van der Waals surface area contributed by atoms with Gasteiger partial charge in [0, 0.05) is 25.2 Å². The van der Waals surface area contributed by atoms with Crippen LogP contribution >= 0.6 is 0 Å². The van der Waals surface area contributed by atoms with Gasteiger partial charge in [0.25, 0.3) is 6.29 Å². The summed E-state index contributed by atoms with van der Waals surface area (Å²) in [6, 6.07) is 18.8. The molecule has 13 nitrogen and oxygen atoms in total. The van der Waals surface area contributed by atoms with E-state index in [1.165, 1.54) is 40.6 Å². The van der Waals surface area contributed by atoms with Gasteiger partial charge in [-0.05, 0) is 23.3 Å². The highest BCUT2D eigenvalue weighted by Gasteiger charge is 2.78. The first-order valence-corrected chi connectivity index (χ1v) is 15.0. The van der Waals surface area contributed by atoms with Crippen molar-refractivity contribution in [2.45, 2.75) is 48.0 Å². The number of fused-ring (bicyclic) bond motifs is 3. The SMILES string of the molecule is COC(=O)[C@@H]1[C@@H](c2ccccc2)[C@]2(c3ccc(OC)cc3)Oc3cc(O[C@@H]4O[C@@H]([C@@H](O)CO)CO[C@H]4OC)cc(OC)c3[C@]2(O)[C@H]1O. The van der Waals surface area contributed by atoms with Crippen LogP contribution in [-0.4, -0.2) is 98.9 Å². The van der Waals surface area contributed by atoms with E-state index in [2.05, 4.69) is 0 Å². The van der Waals surface area contributed by atoms with E-state index in [0.29, 0.717) is 16.9 Å². The molecule has 13 heteroatoms. The molecular weight excluding hydrogens is 616 g/mol. The van der Waals surface area contributed by atoms with Crippen LogP contribution in [0, 0.1) is 5.92 Å². The number of benzene rings is 3. The number of carbonyl (C=O) groups is 1. The minimum Gasteiger partial charge on any atom is -0.497 e. The molecule has 2 fully saturated rings. The minimum atomic E-state index is -2.25.